The van der Waals surface area contributed by atoms with E-state index in [0.717, 1.165) is 16.7 Å². The number of aliphatic hydroxyl groups is 1. The number of carbonyl (C=O) groups excluding carboxylic acids is 1. The van der Waals surface area contributed by atoms with Crippen LogP contribution < -0.4 is 0 Å². The Morgan fingerprint density at radius 1 is 0.815 bits per heavy atom. The molecule has 0 aliphatic rings. The fourth-order valence-electron chi connectivity index (χ4n) is 3.18. The summed E-state index contributed by atoms with van der Waals surface area (Å²) in [4.78, 5) is 11.7. The molecule has 4 nitrogen and oxygen atoms in total. The van der Waals surface area contributed by atoms with Crippen LogP contribution in [0.2, 0.25) is 0 Å². The molecule has 0 saturated carbocycles. The summed E-state index contributed by atoms with van der Waals surface area (Å²) in [5.41, 5.74) is 1.73. The Labute approximate surface area is 159 Å². The zero-order valence-electron chi connectivity index (χ0n) is 15.1. The number of benzene rings is 3. The normalized spacial score (nSPS) is 12.4. The van der Waals surface area contributed by atoms with E-state index in [0.29, 0.717) is 0 Å². The third kappa shape index (κ3) is 3.92. The fraction of sp³-hybridized carbons (Fsp3) is 0.174. The lowest BCUT2D eigenvalue weighted by Crippen LogP contribution is -2.38. The molecule has 0 bridgehead atoms. The highest BCUT2D eigenvalue weighted by Gasteiger charge is 2.38. The Morgan fingerprint density at radius 2 is 1.19 bits per heavy atom. The first-order valence-corrected chi connectivity index (χ1v) is 8.75. The van der Waals surface area contributed by atoms with Gasteiger partial charge in [0, 0.05) is 0 Å². The first-order valence-electron chi connectivity index (χ1n) is 8.75. The molecule has 0 saturated heterocycles. The van der Waals surface area contributed by atoms with Gasteiger partial charge in [0.05, 0.1) is 13.7 Å². The Hall–Kier alpha value is -2.95. The lowest BCUT2D eigenvalue weighted by Gasteiger charge is -2.36. The summed E-state index contributed by atoms with van der Waals surface area (Å²) in [5.74, 6) is -0.724. The van der Waals surface area contributed by atoms with Crippen LogP contribution in [0.15, 0.2) is 91.0 Å². The standard InChI is InChI=1S/C23H22O4/c1-26-22(25)21(24)17-27-23(18-11-5-2-6-12-18,19-13-7-3-8-14-19)20-15-9-4-10-16-20/h2-16,21,24H,17H2,1H3. The number of ether oxygens (including phenoxy) is 2. The van der Waals surface area contributed by atoms with E-state index < -0.39 is 17.7 Å². The number of aliphatic hydroxyl groups excluding tert-OH is 1. The summed E-state index contributed by atoms with van der Waals surface area (Å²) >= 11 is 0. The molecule has 1 N–H and O–H groups in total. The van der Waals surface area contributed by atoms with Crippen LogP contribution in [0.25, 0.3) is 0 Å². The van der Waals surface area contributed by atoms with Gasteiger partial charge in [-0.1, -0.05) is 91.0 Å². The SMILES string of the molecule is COC(=O)C(O)COC(c1ccccc1)(c1ccccc1)c1ccccc1. The first-order chi connectivity index (χ1) is 13.2. The van der Waals surface area contributed by atoms with Crippen LogP contribution in [-0.2, 0) is 19.9 Å². The van der Waals surface area contributed by atoms with Crippen molar-refractivity contribution in [3.63, 3.8) is 0 Å². The highest BCUT2D eigenvalue weighted by atomic mass is 16.6. The molecule has 0 radical (unpaired) electrons. The van der Waals surface area contributed by atoms with Crippen molar-refractivity contribution >= 4 is 5.97 Å². The van der Waals surface area contributed by atoms with E-state index in [4.69, 9.17) is 4.74 Å². The van der Waals surface area contributed by atoms with Crippen molar-refractivity contribution < 1.29 is 19.4 Å². The third-order valence-electron chi connectivity index (χ3n) is 4.47. The maximum absolute atomic E-state index is 11.7. The Bertz CT molecular complexity index is 751. The molecule has 0 fully saturated rings. The summed E-state index contributed by atoms with van der Waals surface area (Å²) in [7, 11) is 1.24. The van der Waals surface area contributed by atoms with Crippen LogP contribution in [0.1, 0.15) is 16.7 Å². The summed E-state index contributed by atoms with van der Waals surface area (Å²) in [6.07, 6.45) is -1.37. The molecule has 4 heteroatoms. The van der Waals surface area contributed by atoms with E-state index in [-0.39, 0.29) is 6.61 Å². The maximum Gasteiger partial charge on any atom is 0.337 e. The minimum Gasteiger partial charge on any atom is -0.467 e. The summed E-state index contributed by atoms with van der Waals surface area (Å²) < 4.78 is 10.9. The zero-order chi connectivity index (χ0) is 19.1. The second-order valence-corrected chi connectivity index (χ2v) is 6.13. The van der Waals surface area contributed by atoms with Crippen molar-refractivity contribution in [2.75, 3.05) is 13.7 Å². The molecule has 3 aromatic carbocycles. The topological polar surface area (TPSA) is 55.8 Å². The number of methoxy groups -OCH3 is 1. The van der Waals surface area contributed by atoms with Gasteiger partial charge < -0.3 is 14.6 Å². The second kappa shape index (κ2) is 8.62. The highest BCUT2D eigenvalue weighted by Crippen LogP contribution is 2.40. The van der Waals surface area contributed by atoms with Crippen molar-refractivity contribution in [2.45, 2.75) is 11.7 Å². The zero-order valence-corrected chi connectivity index (χ0v) is 15.1. The van der Waals surface area contributed by atoms with Crippen molar-refractivity contribution in [3.8, 4) is 0 Å². The monoisotopic (exact) mass is 362 g/mol. The van der Waals surface area contributed by atoms with Crippen molar-refractivity contribution in [1.29, 1.82) is 0 Å². The van der Waals surface area contributed by atoms with Crippen LogP contribution in [0.4, 0.5) is 0 Å². The molecule has 1 unspecified atom stereocenters. The van der Waals surface area contributed by atoms with Gasteiger partial charge in [-0.2, -0.15) is 0 Å². The van der Waals surface area contributed by atoms with Gasteiger partial charge in [-0.3, -0.25) is 0 Å². The molecule has 1 atom stereocenters. The van der Waals surface area contributed by atoms with Crippen LogP contribution in [0.3, 0.4) is 0 Å². The quantitative estimate of drug-likeness (QED) is 0.516. The minimum absolute atomic E-state index is 0.203. The fourth-order valence-corrected chi connectivity index (χ4v) is 3.18. The summed E-state index contributed by atoms with van der Waals surface area (Å²) in [6.45, 7) is -0.203. The maximum atomic E-state index is 11.7. The second-order valence-electron chi connectivity index (χ2n) is 6.13. The Kier molecular flexibility index (Phi) is 6.01. The van der Waals surface area contributed by atoms with Crippen LogP contribution in [-0.4, -0.2) is 30.9 Å². The first kappa shape index (κ1) is 18.8. The van der Waals surface area contributed by atoms with Gasteiger partial charge in [-0.25, -0.2) is 4.79 Å². The molecule has 27 heavy (non-hydrogen) atoms. The van der Waals surface area contributed by atoms with Crippen LogP contribution in [0, 0.1) is 0 Å². The molecule has 3 rings (SSSR count). The van der Waals surface area contributed by atoms with Gasteiger partial charge in [0.1, 0.15) is 5.60 Å². The van der Waals surface area contributed by atoms with Gasteiger partial charge in [0.25, 0.3) is 0 Å². The average molecular weight is 362 g/mol. The van der Waals surface area contributed by atoms with E-state index in [2.05, 4.69) is 4.74 Å². The number of esters is 1. The van der Waals surface area contributed by atoms with Crippen molar-refractivity contribution in [1.82, 2.24) is 0 Å². The van der Waals surface area contributed by atoms with Crippen LogP contribution >= 0.6 is 0 Å². The van der Waals surface area contributed by atoms with Crippen molar-refractivity contribution in [2.24, 2.45) is 0 Å². The lowest BCUT2D eigenvalue weighted by atomic mass is 9.80. The molecule has 138 valence electrons. The van der Waals surface area contributed by atoms with Gasteiger partial charge in [-0.15, -0.1) is 0 Å². The Morgan fingerprint density at radius 3 is 1.52 bits per heavy atom. The molecule has 0 amide bonds. The smallest absolute Gasteiger partial charge is 0.337 e. The van der Waals surface area contributed by atoms with E-state index in [9.17, 15) is 9.90 Å². The molecule has 3 aromatic rings. The minimum atomic E-state index is -1.37. The van der Waals surface area contributed by atoms with Crippen molar-refractivity contribution in [3.05, 3.63) is 108 Å². The molecular weight excluding hydrogens is 340 g/mol. The van der Waals surface area contributed by atoms with Gasteiger partial charge in [0.15, 0.2) is 6.10 Å². The molecular formula is C23H22O4. The van der Waals surface area contributed by atoms with Gasteiger partial charge >= 0.3 is 5.97 Å². The van der Waals surface area contributed by atoms with Gasteiger partial charge in [-0.05, 0) is 16.7 Å². The molecule has 0 heterocycles. The number of carbonyl (C=O) groups is 1. The highest BCUT2D eigenvalue weighted by molar-refractivity contribution is 5.74. The third-order valence-corrected chi connectivity index (χ3v) is 4.47. The molecule has 0 aliphatic carbocycles. The predicted molar refractivity (Wildman–Crippen MR) is 103 cm³/mol. The molecule has 0 aromatic heterocycles. The molecule has 0 spiro atoms. The number of hydrogen-bond acceptors (Lipinski definition) is 4. The summed E-state index contributed by atoms with van der Waals surface area (Å²) in [5, 5.41) is 10.1. The average Bonchev–Trinajstić information content (AvgIpc) is 2.75. The predicted octanol–water partition coefficient (Wildman–Crippen LogP) is 3.53. The van der Waals surface area contributed by atoms with Gasteiger partial charge in [0.2, 0.25) is 0 Å². The van der Waals surface area contributed by atoms with E-state index in [1.807, 2.05) is 91.0 Å². The largest absolute Gasteiger partial charge is 0.467 e. The number of hydrogen-bond donors (Lipinski definition) is 1. The lowest BCUT2D eigenvalue weighted by molar-refractivity contribution is -0.156. The number of rotatable bonds is 7. The van der Waals surface area contributed by atoms with E-state index in [1.54, 1.807) is 0 Å². The molecule has 0 aliphatic heterocycles. The summed E-state index contributed by atoms with van der Waals surface area (Å²) in [6, 6.07) is 29.3. The van der Waals surface area contributed by atoms with E-state index in [1.165, 1.54) is 7.11 Å². The van der Waals surface area contributed by atoms with Crippen LogP contribution in [0.5, 0.6) is 0 Å². The van der Waals surface area contributed by atoms with E-state index >= 15 is 0 Å². The Balaban J connectivity index is 2.15.